The minimum atomic E-state index is -4.64. The monoisotopic (exact) mass is 453 g/mol. The lowest BCUT2D eigenvalue weighted by molar-refractivity contribution is -0.141. The Morgan fingerprint density at radius 3 is 1.84 bits per heavy atom. The van der Waals surface area contributed by atoms with Crippen LogP contribution in [0.5, 0.6) is 0 Å². The molecular weight excluding hydrogens is 440 g/mol. The van der Waals surface area contributed by atoms with Crippen LogP contribution in [0, 0.1) is 0 Å². The number of amides is 2. The van der Waals surface area contributed by atoms with Crippen molar-refractivity contribution in [1.29, 1.82) is 0 Å². The number of benzene rings is 2. The Hall–Kier alpha value is -3.89. The highest BCUT2D eigenvalue weighted by Crippen LogP contribution is 2.31. The fraction of sp³-hybridized carbons (Fsp3) is 0.0952. The van der Waals surface area contributed by atoms with E-state index in [-0.39, 0.29) is 22.5 Å². The third-order valence-electron chi connectivity index (χ3n) is 4.15. The Morgan fingerprint density at radius 2 is 1.28 bits per heavy atom. The normalized spacial score (nSPS) is 11.7. The van der Waals surface area contributed by atoms with Crippen LogP contribution < -0.4 is 10.6 Å². The maximum absolute atomic E-state index is 12.8. The number of carbonyl (C=O) groups is 2. The smallest absolute Gasteiger partial charge is 0.322 e. The number of pyridine rings is 1. The van der Waals surface area contributed by atoms with Crippen molar-refractivity contribution in [2.45, 2.75) is 12.4 Å². The molecule has 0 spiro atoms. The van der Waals surface area contributed by atoms with E-state index in [0.29, 0.717) is 6.07 Å². The second-order valence-electron chi connectivity index (χ2n) is 6.50. The minimum absolute atomic E-state index is 0.0331. The Kier molecular flexibility index (Phi) is 6.19. The molecule has 11 heteroatoms. The fourth-order valence-electron chi connectivity index (χ4n) is 2.61. The average Bonchev–Trinajstić information content (AvgIpc) is 2.73. The molecule has 0 bridgehead atoms. The lowest BCUT2D eigenvalue weighted by Crippen LogP contribution is -2.16. The van der Waals surface area contributed by atoms with Gasteiger partial charge in [-0.3, -0.25) is 14.6 Å². The highest BCUT2D eigenvalue weighted by atomic mass is 19.4. The van der Waals surface area contributed by atoms with Gasteiger partial charge in [0.2, 0.25) is 0 Å². The van der Waals surface area contributed by atoms with E-state index >= 15 is 0 Å². The Bertz CT molecular complexity index is 1140. The van der Waals surface area contributed by atoms with E-state index < -0.39 is 35.4 Å². The molecule has 0 saturated heterocycles. The second-order valence-corrected chi connectivity index (χ2v) is 6.50. The third-order valence-corrected chi connectivity index (χ3v) is 4.15. The number of aromatic nitrogens is 1. The summed E-state index contributed by atoms with van der Waals surface area (Å²) in [5.41, 5.74) is -2.12. The third kappa shape index (κ3) is 5.62. The van der Waals surface area contributed by atoms with Crippen molar-refractivity contribution in [1.82, 2.24) is 4.98 Å². The molecule has 2 aromatic carbocycles. The molecule has 5 nitrogen and oxygen atoms in total. The molecule has 3 rings (SSSR count). The highest BCUT2D eigenvalue weighted by molar-refractivity contribution is 6.07. The molecule has 0 aliphatic rings. The summed E-state index contributed by atoms with van der Waals surface area (Å²) >= 11 is 0. The van der Waals surface area contributed by atoms with E-state index in [1.807, 2.05) is 0 Å². The molecule has 3 aromatic rings. The molecule has 1 heterocycles. The van der Waals surface area contributed by atoms with Crippen LogP contribution in [-0.2, 0) is 12.4 Å². The summed E-state index contributed by atoms with van der Waals surface area (Å²) in [4.78, 5) is 27.8. The van der Waals surface area contributed by atoms with E-state index in [4.69, 9.17) is 0 Å². The highest BCUT2D eigenvalue weighted by Gasteiger charge is 2.32. The number of halogens is 6. The molecule has 0 saturated carbocycles. The molecule has 166 valence electrons. The molecule has 2 amide bonds. The average molecular weight is 453 g/mol. The van der Waals surface area contributed by atoms with Gasteiger partial charge in [0.15, 0.2) is 0 Å². The molecule has 0 fully saturated rings. The first-order valence-electron chi connectivity index (χ1n) is 8.87. The summed E-state index contributed by atoms with van der Waals surface area (Å²) in [6, 6.07) is 11.2. The second kappa shape index (κ2) is 8.69. The Balaban J connectivity index is 1.71. The number of nitrogens with zero attached hydrogens (tertiary/aromatic N) is 1. The van der Waals surface area contributed by atoms with Crippen molar-refractivity contribution in [3.63, 3.8) is 0 Å². The van der Waals surface area contributed by atoms with Gasteiger partial charge in [-0.1, -0.05) is 12.1 Å². The van der Waals surface area contributed by atoms with Crippen molar-refractivity contribution in [3.05, 3.63) is 89.2 Å². The van der Waals surface area contributed by atoms with Crippen LogP contribution in [-0.4, -0.2) is 16.8 Å². The lowest BCUT2D eigenvalue weighted by Gasteiger charge is -2.11. The van der Waals surface area contributed by atoms with Crippen LogP contribution in [0.3, 0.4) is 0 Å². The first-order valence-corrected chi connectivity index (χ1v) is 8.87. The predicted octanol–water partition coefficient (Wildman–Crippen LogP) is 5.62. The Morgan fingerprint density at radius 1 is 0.688 bits per heavy atom. The summed E-state index contributed by atoms with van der Waals surface area (Å²) in [6.07, 6.45) is -8.45. The number of rotatable bonds is 4. The van der Waals surface area contributed by atoms with E-state index in [0.717, 1.165) is 30.5 Å². The number of hydrogen-bond acceptors (Lipinski definition) is 3. The SMILES string of the molecule is O=C(Nc1cccc(C(=O)Nc2cccc(C(F)(F)F)c2)c1)c1ccc(C(F)(F)F)nc1. The summed E-state index contributed by atoms with van der Waals surface area (Å²) in [7, 11) is 0. The van der Waals surface area contributed by atoms with Crippen LogP contribution in [0.15, 0.2) is 66.9 Å². The summed E-state index contributed by atoms with van der Waals surface area (Å²) < 4.78 is 76.1. The zero-order chi connectivity index (χ0) is 23.5. The number of hydrogen-bond donors (Lipinski definition) is 2. The van der Waals surface area contributed by atoms with Gasteiger partial charge in [0.1, 0.15) is 5.69 Å². The fourth-order valence-corrected chi connectivity index (χ4v) is 2.61. The molecule has 1 aromatic heterocycles. The summed E-state index contributed by atoms with van der Waals surface area (Å²) in [6.45, 7) is 0. The van der Waals surface area contributed by atoms with Crippen molar-refractivity contribution in [3.8, 4) is 0 Å². The van der Waals surface area contributed by atoms with Gasteiger partial charge in [0.25, 0.3) is 11.8 Å². The van der Waals surface area contributed by atoms with Gasteiger partial charge in [-0.15, -0.1) is 0 Å². The minimum Gasteiger partial charge on any atom is -0.322 e. The van der Waals surface area contributed by atoms with Gasteiger partial charge in [-0.25, -0.2) is 0 Å². The van der Waals surface area contributed by atoms with Crippen LogP contribution >= 0.6 is 0 Å². The van der Waals surface area contributed by atoms with Gasteiger partial charge in [-0.05, 0) is 48.5 Å². The summed E-state index contributed by atoms with van der Waals surface area (Å²) in [5, 5.41) is 4.75. The van der Waals surface area contributed by atoms with Gasteiger partial charge in [0, 0.05) is 23.1 Å². The zero-order valence-electron chi connectivity index (χ0n) is 15.9. The molecular formula is C21H13F6N3O2. The molecule has 2 N–H and O–H groups in total. The van der Waals surface area contributed by atoms with Crippen LogP contribution in [0.1, 0.15) is 32.0 Å². The van der Waals surface area contributed by atoms with E-state index in [1.165, 1.54) is 30.3 Å². The van der Waals surface area contributed by atoms with Gasteiger partial charge >= 0.3 is 12.4 Å². The Labute approximate surface area is 177 Å². The quantitative estimate of drug-likeness (QED) is 0.504. The molecule has 0 aliphatic carbocycles. The van der Waals surface area contributed by atoms with Crippen molar-refractivity contribution in [2.75, 3.05) is 10.6 Å². The van der Waals surface area contributed by atoms with Gasteiger partial charge < -0.3 is 10.6 Å². The number of anilines is 2. The van der Waals surface area contributed by atoms with Crippen LogP contribution in [0.2, 0.25) is 0 Å². The molecule has 0 aliphatic heterocycles. The van der Waals surface area contributed by atoms with Gasteiger partial charge in [-0.2, -0.15) is 26.3 Å². The van der Waals surface area contributed by atoms with Crippen molar-refractivity contribution < 1.29 is 35.9 Å². The maximum atomic E-state index is 12.8. The topological polar surface area (TPSA) is 71.1 Å². The zero-order valence-corrected chi connectivity index (χ0v) is 15.9. The first-order chi connectivity index (χ1) is 14.9. The van der Waals surface area contributed by atoms with Gasteiger partial charge in [0.05, 0.1) is 11.1 Å². The van der Waals surface area contributed by atoms with E-state index in [1.54, 1.807) is 0 Å². The van der Waals surface area contributed by atoms with Crippen LogP contribution in [0.4, 0.5) is 37.7 Å². The molecule has 0 radical (unpaired) electrons. The van der Waals surface area contributed by atoms with E-state index in [9.17, 15) is 35.9 Å². The van der Waals surface area contributed by atoms with Crippen molar-refractivity contribution >= 4 is 23.2 Å². The standard InChI is InChI=1S/C21H13F6N3O2/c22-20(23,24)14-4-2-6-16(10-14)30-18(31)12-3-1-5-15(9-12)29-19(32)13-7-8-17(28-11-13)21(25,26)27/h1-11H,(H,29,32)(H,30,31). The number of carbonyl (C=O) groups excluding carboxylic acids is 2. The number of nitrogens with one attached hydrogen (secondary N) is 2. The molecule has 0 unspecified atom stereocenters. The van der Waals surface area contributed by atoms with Crippen LogP contribution in [0.25, 0.3) is 0 Å². The number of alkyl halides is 6. The first kappa shape index (κ1) is 22.8. The van der Waals surface area contributed by atoms with Crippen molar-refractivity contribution in [2.24, 2.45) is 0 Å². The largest absolute Gasteiger partial charge is 0.433 e. The van der Waals surface area contributed by atoms with E-state index in [2.05, 4.69) is 15.6 Å². The lowest BCUT2D eigenvalue weighted by atomic mass is 10.1. The summed E-state index contributed by atoms with van der Waals surface area (Å²) in [5.74, 6) is -1.49. The molecule has 32 heavy (non-hydrogen) atoms. The predicted molar refractivity (Wildman–Crippen MR) is 103 cm³/mol. The maximum Gasteiger partial charge on any atom is 0.433 e. The molecule has 0 atom stereocenters.